The largest absolute Gasteiger partial charge is 0.387 e. The zero-order valence-corrected chi connectivity index (χ0v) is 17.3. The molecule has 1 unspecified atom stereocenters. The van der Waals surface area contributed by atoms with Crippen LogP contribution in [-0.4, -0.2) is 34.6 Å². The van der Waals surface area contributed by atoms with Crippen LogP contribution in [0.3, 0.4) is 0 Å². The molecule has 3 aromatic rings. The van der Waals surface area contributed by atoms with E-state index in [1.165, 1.54) is 6.42 Å². The summed E-state index contributed by atoms with van der Waals surface area (Å²) in [4.78, 5) is 7.80. The van der Waals surface area contributed by atoms with E-state index in [9.17, 15) is 5.11 Å². The summed E-state index contributed by atoms with van der Waals surface area (Å²) in [6.07, 6.45) is 4.80. The molecule has 0 radical (unpaired) electrons. The molecule has 0 saturated carbocycles. The second-order valence-electron chi connectivity index (χ2n) is 8.98. The summed E-state index contributed by atoms with van der Waals surface area (Å²) in [5.41, 5.74) is 8.15. The van der Waals surface area contributed by atoms with Crippen molar-refractivity contribution in [2.45, 2.75) is 36.7 Å². The van der Waals surface area contributed by atoms with Crippen LogP contribution in [-0.2, 0) is 5.41 Å². The fraction of sp³-hybridized carbons (Fsp3) is 0.400. The standard InChI is InChI=1S/C25H26N2OS/c28-24(23-14-26-16-29-23)17-9-11-27(12-10-17)15-25-13-20(18-5-1-3-7-21(18)25)19-6-2-4-8-22(19)25/h1-8,14,16-17,20,24,28H,9-13,15H2. The van der Waals surface area contributed by atoms with Crippen molar-refractivity contribution in [3.63, 3.8) is 0 Å². The van der Waals surface area contributed by atoms with E-state index < -0.39 is 0 Å². The van der Waals surface area contributed by atoms with E-state index >= 15 is 0 Å². The molecule has 3 nitrogen and oxygen atoms in total. The summed E-state index contributed by atoms with van der Waals surface area (Å²) in [7, 11) is 0. The first-order chi connectivity index (χ1) is 14.3. The quantitative estimate of drug-likeness (QED) is 0.686. The number of nitrogens with zero attached hydrogens (tertiary/aromatic N) is 2. The Hall–Kier alpha value is -2.01. The number of aliphatic hydroxyl groups excluding tert-OH is 1. The van der Waals surface area contributed by atoms with Crippen LogP contribution in [0.1, 0.15) is 58.4 Å². The summed E-state index contributed by atoms with van der Waals surface area (Å²) in [6.45, 7) is 3.23. The van der Waals surface area contributed by atoms with Gasteiger partial charge < -0.3 is 10.0 Å². The Labute approximate surface area is 176 Å². The number of hydrogen-bond donors (Lipinski definition) is 1. The molecule has 29 heavy (non-hydrogen) atoms. The van der Waals surface area contributed by atoms with Crippen LogP contribution < -0.4 is 0 Å². The van der Waals surface area contributed by atoms with Crippen LogP contribution in [0.25, 0.3) is 0 Å². The van der Waals surface area contributed by atoms with Crippen LogP contribution in [0.5, 0.6) is 0 Å². The zero-order valence-electron chi connectivity index (χ0n) is 16.5. The highest BCUT2D eigenvalue weighted by Crippen LogP contribution is 2.60. The lowest BCUT2D eigenvalue weighted by Crippen LogP contribution is -2.44. The third kappa shape index (κ3) is 2.66. The summed E-state index contributed by atoms with van der Waals surface area (Å²) in [6, 6.07) is 18.2. The highest BCUT2D eigenvalue weighted by Gasteiger charge is 2.53. The number of rotatable bonds is 4. The predicted molar refractivity (Wildman–Crippen MR) is 116 cm³/mol. The van der Waals surface area contributed by atoms with Crippen molar-refractivity contribution < 1.29 is 5.11 Å². The molecule has 0 amide bonds. The van der Waals surface area contributed by atoms with Gasteiger partial charge in [-0.2, -0.15) is 0 Å². The summed E-state index contributed by atoms with van der Waals surface area (Å²) >= 11 is 1.57. The molecule has 3 aliphatic rings. The van der Waals surface area contributed by atoms with Gasteiger partial charge in [0.1, 0.15) is 0 Å². The van der Waals surface area contributed by atoms with Gasteiger partial charge >= 0.3 is 0 Å². The van der Waals surface area contributed by atoms with Crippen molar-refractivity contribution in [2.75, 3.05) is 19.6 Å². The summed E-state index contributed by atoms with van der Waals surface area (Å²) < 4.78 is 0. The molecular weight excluding hydrogens is 376 g/mol. The van der Waals surface area contributed by atoms with Gasteiger partial charge in [0.05, 0.1) is 16.5 Å². The number of hydrogen-bond acceptors (Lipinski definition) is 4. The Balaban J connectivity index is 1.25. The molecule has 1 saturated heterocycles. The summed E-state index contributed by atoms with van der Waals surface area (Å²) in [5, 5.41) is 10.7. The van der Waals surface area contributed by atoms with E-state index in [2.05, 4.69) is 58.4 Å². The van der Waals surface area contributed by atoms with E-state index in [0.29, 0.717) is 11.8 Å². The fourth-order valence-corrected chi connectivity index (χ4v) is 6.92. The van der Waals surface area contributed by atoms with Crippen molar-refractivity contribution in [3.05, 3.63) is 87.4 Å². The Kier molecular flexibility index (Phi) is 4.15. The first kappa shape index (κ1) is 17.8. The van der Waals surface area contributed by atoms with Crippen molar-refractivity contribution in [2.24, 2.45) is 5.92 Å². The van der Waals surface area contributed by atoms with Gasteiger partial charge in [-0.3, -0.25) is 4.98 Å². The van der Waals surface area contributed by atoms with E-state index in [0.717, 1.165) is 37.4 Å². The molecular formula is C25H26N2OS. The molecule has 148 valence electrons. The molecule has 1 aliphatic heterocycles. The van der Waals surface area contributed by atoms with E-state index in [4.69, 9.17) is 0 Å². The van der Waals surface area contributed by atoms with Crippen molar-refractivity contribution in [3.8, 4) is 0 Å². The molecule has 2 aliphatic carbocycles. The SMILES string of the molecule is OC(c1cncs1)C1CCN(CC23CC(c4ccccc42)c2ccccc23)CC1. The molecule has 1 atom stereocenters. The Morgan fingerprint density at radius 3 is 2.31 bits per heavy atom. The third-order valence-corrected chi connectivity index (χ3v) is 8.42. The first-order valence-corrected chi connectivity index (χ1v) is 11.6. The van der Waals surface area contributed by atoms with E-state index in [-0.39, 0.29) is 11.5 Å². The predicted octanol–water partition coefficient (Wildman–Crippen LogP) is 4.72. The van der Waals surface area contributed by atoms with Gasteiger partial charge in [-0.25, -0.2) is 0 Å². The van der Waals surface area contributed by atoms with Gasteiger partial charge in [-0.05, 0) is 60.5 Å². The highest BCUT2D eigenvalue weighted by molar-refractivity contribution is 7.09. The van der Waals surface area contributed by atoms with Crippen molar-refractivity contribution >= 4 is 11.3 Å². The van der Waals surface area contributed by atoms with Gasteiger partial charge in [0.25, 0.3) is 0 Å². The molecule has 2 bridgehead atoms. The smallest absolute Gasteiger partial charge is 0.0927 e. The number of benzene rings is 2. The van der Waals surface area contributed by atoms with Gasteiger partial charge in [-0.1, -0.05) is 48.5 Å². The second-order valence-corrected chi connectivity index (χ2v) is 9.89. The number of fused-ring (bicyclic) bond motifs is 8. The third-order valence-electron chi connectivity index (χ3n) is 7.57. The molecule has 4 heteroatoms. The van der Waals surface area contributed by atoms with Crippen LogP contribution >= 0.6 is 11.3 Å². The van der Waals surface area contributed by atoms with Crippen LogP contribution in [0, 0.1) is 5.92 Å². The van der Waals surface area contributed by atoms with Crippen LogP contribution in [0.15, 0.2) is 60.2 Å². The normalized spacial score (nSPS) is 27.0. The average Bonchev–Trinajstić information content (AvgIpc) is 3.49. The molecule has 6 rings (SSSR count). The van der Waals surface area contributed by atoms with Gasteiger partial charge in [-0.15, -0.1) is 11.3 Å². The van der Waals surface area contributed by atoms with Crippen LogP contribution in [0.2, 0.25) is 0 Å². The van der Waals surface area contributed by atoms with Crippen LogP contribution in [0.4, 0.5) is 0 Å². The minimum Gasteiger partial charge on any atom is -0.387 e. The first-order valence-electron chi connectivity index (χ1n) is 10.7. The number of aromatic nitrogens is 1. The minimum atomic E-state index is -0.355. The maximum atomic E-state index is 10.7. The molecule has 1 fully saturated rings. The molecule has 1 N–H and O–H groups in total. The Morgan fingerprint density at radius 2 is 1.69 bits per heavy atom. The molecule has 0 spiro atoms. The monoisotopic (exact) mass is 402 g/mol. The lowest BCUT2D eigenvalue weighted by Gasteiger charge is -2.40. The Morgan fingerprint density at radius 1 is 1.03 bits per heavy atom. The number of likely N-dealkylation sites (tertiary alicyclic amines) is 1. The van der Waals surface area contributed by atoms with Gasteiger partial charge in [0.2, 0.25) is 0 Å². The van der Waals surface area contributed by atoms with Crippen molar-refractivity contribution in [1.82, 2.24) is 9.88 Å². The summed E-state index contributed by atoms with van der Waals surface area (Å²) in [5.74, 6) is 0.914. The Bertz CT molecular complexity index is 975. The van der Waals surface area contributed by atoms with Gasteiger partial charge in [0, 0.05) is 24.1 Å². The molecule has 2 heterocycles. The second kappa shape index (κ2) is 6.76. The molecule has 1 aromatic heterocycles. The highest BCUT2D eigenvalue weighted by atomic mass is 32.1. The number of thiazole rings is 1. The lowest BCUT2D eigenvalue weighted by molar-refractivity contribution is 0.0561. The maximum Gasteiger partial charge on any atom is 0.0927 e. The number of piperidine rings is 1. The lowest BCUT2D eigenvalue weighted by atomic mass is 9.74. The zero-order chi connectivity index (χ0) is 19.4. The van der Waals surface area contributed by atoms with Crippen molar-refractivity contribution in [1.29, 1.82) is 0 Å². The molecule has 2 aromatic carbocycles. The van der Waals surface area contributed by atoms with E-state index in [1.807, 2.05) is 11.7 Å². The minimum absolute atomic E-state index is 0.140. The number of aliphatic hydroxyl groups is 1. The van der Waals surface area contributed by atoms with E-state index in [1.54, 1.807) is 33.6 Å². The fourth-order valence-electron chi connectivity index (χ4n) is 6.22. The average molecular weight is 403 g/mol. The topological polar surface area (TPSA) is 36.4 Å². The van der Waals surface area contributed by atoms with Gasteiger partial charge in [0.15, 0.2) is 0 Å². The maximum absolute atomic E-state index is 10.7.